The van der Waals surface area contributed by atoms with Crippen molar-refractivity contribution in [3.63, 3.8) is 0 Å². The van der Waals surface area contributed by atoms with Crippen LogP contribution in [0.2, 0.25) is 0 Å². The van der Waals surface area contributed by atoms with E-state index in [0.29, 0.717) is 18.8 Å². The highest BCUT2D eigenvalue weighted by Crippen LogP contribution is 2.15. The number of rotatable bonds is 9. The number of amides is 3. The van der Waals surface area contributed by atoms with E-state index >= 15 is 0 Å². The molecule has 1 N–H and O–H groups in total. The van der Waals surface area contributed by atoms with Gasteiger partial charge < -0.3 is 19.5 Å². The monoisotopic (exact) mass is 433 g/mol. The Balaban J connectivity index is 1.73. The Hall–Kier alpha value is -3.54. The minimum absolute atomic E-state index is 0.0233. The molecule has 3 amide bonds. The maximum Gasteiger partial charge on any atom is 0.322 e. The molecule has 32 heavy (non-hydrogen) atoms. The predicted molar refractivity (Wildman–Crippen MR) is 126 cm³/mol. The Morgan fingerprint density at radius 1 is 0.938 bits per heavy atom. The van der Waals surface area contributed by atoms with E-state index < -0.39 is 0 Å². The van der Waals surface area contributed by atoms with Gasteiger partial charge in [-0.2, -0.15) is 0 Å². The van der Waals surface area contributed by atoms with Crippen LogP contribution >= 0.6 is 0 Å². The molecular formula is C26H31N3O3. The van der Waals surface area contributed by atoms with Gasteiger partial charge >= 0.3 is 6.03 Å². The molecule has 0 saturated heterocycles. The summed E-state index contributed by atoms with van der Waals surface area (Å²) in [7, 11) is 0. The number of nitrogens with zero attached hydrogens (tertiary/aromatic N) is 2. The molecule has 0 bridgehead atoms. The van der Waals surface area contributed by atoms with Gasteiger partial charge in [0.2, 0.25) is 5.91 Å². The van der Waals surface area contributed by atoms with Crippen LogP contribution in [0.1, 0.15) is 37.7 Å². The molecule has 0 aliphatic heterocycles. The molecule has 0 fully saturated rings. The predicted octanol–water partition coefficient (Wildman–Crippen LogP) is 5.31. The van der Waals surface area contributed by atoms with Crippen molar-refractivity contribution < 1.29 is 14.0 Å². The average molecular weight is 434 g/mol. The summed E-state index contributed by atoms with van der Waals surface area (Å²) in [5.74, 6) is 0.558. The van der Waals surface area contributed by atoms with Crippen molar-refractivity contribution >= 4 is 17.6 Å². The number of aryl methyl sites for hydroxylation is 1. The molecule has 2 aromatic carbocycles. The molecule has 1 heterocycles. The van der Waals surface area contributed by atoms with Gasteiger partial charge in [-0.3, -0.25) is 4.79 Å². The van der Waals surface area contributed by atoms with Gasteiger partial charge in [0.25, 0.3) is 0 Å². The first-order chi connectivity index (χ1) is 15.5. The number of carbonyl (C=O) groups excluding carboxylic acids is 2. The molecule has 3 aromatic rings. The normalized spacial score (nSPS) is 10.8. The largest absolute Gasteiger partial charge is 0.467 e. The van der Waals surface area contributed by atoms with Gasteiger partial charge in [0.05, 0.1) is 12.8 Å². The van der Waals surface area contributed by atoms with Crippen molar-refractivity contribution in [2.45, 2.75) is 46.3 Å². The molecule has 0 aliphatic carbocycles. The lowest BCUT2D eigenvalue weighted by molar-refractivity contribution is -0.133. The molecule has 6 nitrogen and oxygen atoms in total. The minimum atomic E-state index is -0.292. The van der Waals surface area contributed by atoms with Crippen molar-refractivity contribution in [1.82, 2.24) is 9.80 Å². The lowest BCUT2D eigenvalue weighted by atomic mass is 10.1. The molecule has 0 aliphatic rings. The average Bonchev–Trinajstić information content (AvgIpc) is 3.30. The fourth-order valence-electron chi connectivity index (χ4n) is 3.43. The Morgan fingerprint density at radius 2 is 1.69 bits per heavy atom. The number of nitrogens with one attached hydrogen (secondary N) is 1. The zero-order chi connectivity index (χ0) is 22.9. The van der Waals surface area contributed by atoms with Crippen LogP contribution in [-0.4, -0.2) is 34.3 Å². The second-order valence-corrected chi connectivity index (χ2v) is 8.02. The Bertz CT molecular complexity index is 1000. The second kappa shape index (κ2) is 11.2. The third-order valence-corrected chi connectivity index (χ3v) is 5.27. The molecule has 6 heteroatoms. The number of hydrogen-bond acceptors (Lipinski definition) is 3. The molecule has 3 rings (SSSR count). The van der Waals surface area contributed by atoms with Gasteiger partial charge in [-0.05, 0) is 55.7 Å². The van der Waals surface area contributed by atoms with Crippen LogP contribution in [0.3, 0.4) is 0 Å². The number of furan rings is 1. The topological polar surface area (TPSA) is 65.8 Å². The SMILES string of the molecule is CCc1cccc(NC(=O)N(CC(=O)N(Cc2ccccc2)Cc2ccco2)C(C)C)c1. The third-order valence-electron chi connectivity index (χ3n) is 5.27. The van der Waals surface area contributed by atoms with Crippen LogP contribution in [0, 0.1) is 0 Å². The van der Waals surface area contributed by atoms with E-state index in [1.54, 1.807) is 22.1 Å². The maximum absolute atomic E-state index is 13.3. The molecule has 1 aromatic heterocycles. The van der Waals surface area contributed by atoms with Gasteiger partial charge in [-0.1, -0.05) is 49.4 Å². The number of carbonyl (C=O) groups is 2. The lowest BCUT2D eigenvalue weighted by Gasteiger charge is -2.30. The first kappa shape index (κ1) is 23.1. The minimum Gasteiger partial charge on any atom is -0.467 e. The standard InChI is InChI=1S/C26H31N3O3/c1-4-21-12-8-13-23(16-21)27-26(31)29(20(2)3)19-25(30)28(18-24-14-9-15-32-24)17-22-10-6-5-7-11-22/h5-16,20H,4,17-19H2,1-3H3,(H,27,31). The van der Waals surface area contributed by atoms with Crippen molar-refractivity contribution in [3.05, 3.63) is 89.9 Å². The highest BCUT2D eigenvalue weighted by Gasteiger charge is 2.24. The zero-order valence-electron chi connectivity index (χ0n) is 19.0. The quantitative estimate of drug-likeness (QED) is 0.497. The highest BCUT2D eigenvalue weighted by molar-refractivity contribution is 5.92. The van der Waals surface area contributed by atoms with Crippen LogP contribution < -0.4 is 5.32 Å². The van der Waals surface area contributed by atoms with E-state index in [4.69, 9.17) is 4.42 Å². The molecule has 0 unspecified atom stereocenters. The fourth-order valence-corrected chi connectivity index (χ4v) is 3.43. The van der Waals surface area contributed by atoms with Crippen LogP contribution in [0.15, 0.2) is 77.4 Å². The zero-order valence-corrected chi connectivity index (χ0v) is 19.0. The smallest absolute Gasteiger partial charge is 0.322 e. The van der Waals surface area contributed by atoms with Gasteiger partial charge in [-0.15, -0.1) is 0 Å². The van der Waals surface area contributed by atoms with E-state index in [-0.39, 0.29) is 24.5 Å². The molecule has 0 radical (unpaired) electrons. The summed E-state index contributed by atoms with van der Waals surface area (Å²) in [4.78, 5) is 29.6. The van der Waals surface area contributed by atoms with Gasteiger partial charge in [0.1, 0.15) is 12.3 Å². The van der Waals surface area contributed by atoms with Gasteiger partial charge in [0, 0.05) is 18.3 Å². The van der Waals surface area contributed by atoms with Crippen LogP contribution in [0.5, 0.6) is 0 Å². The Morgan fingerprint density at radius 3 is 2.34 bits per heavy atom. The highest BCUT2D eigenvalue weighted by atomic mass is 16.3. The van der Waals surface area contributed by atoms with E-state index in [0.717, 1.165) is 23.2 Å². The molecule has 168 valence electrons. The van der Waals surface area contributed by atoms with E-state index in [1.807, 2.05) is 74.5 Å². The van der Waals surface area contributed by atoms with Crippen molar-refractivity contribution in [1.29, 1.82) is 0 Å². The number of urea groups is 1. The first-order valence-electron chi connectivity index (χ1n) is 11.0. The van der Waals surface area contributed by atoms with E-state index in [1.165, 1.54) is 0 Å². The van der Waals surface area contributed by atoms with E-state index in [9.17, 15) is 9.59 Å². The number of anilines is 1. The van der Waals surface area contributed by atoms with Gasteiger partial charge in [-0.25, -0.2) is 4.79 Å². The van der Waals surface area contributed by atoms with Crippen LogP contribution in [-0.2, 0) is 24.3 Å². The Labute approximate surface area is 189 Å². The summed E-state index contributed by atoms with van der Waals surface area (Å²) < 4.78 is 5.47. The lowest BCUT2D eigenvalue weighted by Crippen LogP contribution is -2.47. The van der Waals surface area contributed by atoms with Crippen molar-refractivity contribution in [3.8, 4) is 0 Å². The van der Waals surface area contributed by atoms with Crippen molar-refractivity contribution in [2.75, 3.05) is 11.9 Å². The molecular weight excluding hydrogens is 402 g/mol. The summed E-state index contributed by atoms with van der Waals surface area (Å²) in [6, 6.07) is 20.8. The number of benzene rings is 2. The fraction of sp³-hybridized carbons (Fsp3) is 0.308. The summed E-state index contributed by atoms with van der Waals surface area (Å²) in [5, 5.41) is 2.94. The maximum atomic E-state index is 13.3. The summed E-state index contributed by atoms with van der Waals surface area (Å²) in [6.45, 7) is 6.64. The third kappa shape index (κ3) is 6.48. The Kier molecular flexibility index (Phi) is 8.08. The van der Waals surface area contributed by atoms with E-state index in [2.05, 4.69) is 12.2 Å². The summed E-state index contributed by atoms with van der Waals surface area (Å²) in [6.07, 6.45) is 2.48. The molecule has 0 saturated carbocycles. The second-order valence-electron chi connectivity index (χ2n) is 8.02. The van der Waals surface area contributed by atoms with Gasteiger partial charge in [0.15, 0.2) is 0 Å². The van der Waals surface area contributed by atoms with Crippen molar-refractivity contribution in [2.24, 2.45) is 0 Å². The van der Waals surface area contributed by atoms with Crippen LogP contribution in [0.4, 0.5) is 10.5 Å². The first-order valence-corrected chi connectivity index (χ1v) is 11.0. The molecule has 0 spiro atoms. The number of hydrogen-bond donors (Lipinski definition) is 1. The van der Waals surface area contributed by atoms with Crippen LogP contribution in [0.25, 0.3) is 0 Å². The molecule has 0 atom stereocenters. The summed E-state index contributed by atoms with van der Waals surface area (Å²) in [5.41, 5.74) is 2.89. The summed E-state index contributed by atoms with van der Waals surface area (Å²) >= 11 is 0.